The van der Waals surface area contributed by atoms with Gasteiger partial charge in [0.25, 0.3) is 0 Å². The van der Waals surface area contributed by atoms with Gasteiger partial charge in [0.15, 0.2) is 5.11 Å². The van der Waals surface area contributed by atoms with Crippen LogP contribution in [0.5, 0.6) is 0 Å². The Balaban J connectivity index is 1.88. The molecule has 0 bridgehead atoms. The smallest absolute Gasteiger partial charge is 0.170 e. The summed E-state index contributed by atoms with van der Waals surface area (Å²) in [6.07, 6.45) is 1.83. The van der Waals surface area contributed by atoms with E-state index in [0.29, 0.717) is 13.2 Å². The fraction of sp³-hybridized carbons (Fsp3) is 0.333. The molecule has 3 aromatic rings. The zero-order valence-corrected chi connectivity index (χ0v) is 19.8. The average Bonchev–Trinajstić information content (AvgIpc) is 3.19. The van der Waals surface area contributed by atoms with Gasteiger partial charge in [-0.05, 0) is 68.9 Å². The summed E-state index contributed by atoms with van der Waals surface area (Å²) in [7, 11) is 1.72. The van der Waals surface area contributed by atoms with Crippen LogP contribution in [-0.4, -0.2) is 39.8 Å². The molecule has 7 heteroatoms. The van der Waals surface area contributed by atoms with E-state index in [0.717, 1.165) is 21.5 Å². The summed E-state index contributed by atoms with van der Waals surface area (Å²) in [6, 6.07) is 13.9. The van der Waals surface area contributed by atoms with Crippen molar-refractivity contribution in [1.29, 1.82) is 0 Å². The third-order valence-electron chi connectivity index (χ3n) is 6.10. The lowest BCUT2D eigenvalue weighted by Crippen LogP contribution is -2.33. The molecule has 1 fully saturated rings. The van der Waals surface area contributed by atoms with E-state index in [2.05, 4.69) is 52.7 Å². The zero-order chi connectivity index (χ0) is 22.1. The molecule has 2 unspecified atom stereocenters. The molecular weight excluding hydrogens is 428 g/mol. The monoisotopic (exact) mass is 454 g/mol. The second kappa shape index (κ2) is 8.99. The van der Waals surface area contributed by atoms with Crippen molar-refractivity contribution >= 4 is 28.9 Å². The van der Waals surface area contributed by atoms with Gasteiger partial charge in [-0.2, -0.15) is 0 Å². The number of hydrogen-bond donors (Lipinski definition) is 1. The molecule has 4 rings (SSSR count). The molecule has 0 amide bonds. The van der Waals surface area contributed by atoms with E-state index in [1.807, 2.05) is 36.5 Å². The quantitative estimate of drug-likeness (QED) is 0.526. The highest BCUT2D eigenvalue weighted by Crippen LogP contribution is 2.43. The van der Waals surface area contributed by atoms with Gasteiger partial charge in [-0.3, -0.25) is 4.98 Å². The fourth-order valence-corrected chi connectivity index (χ4v) is 5.11. The largest absolute Gasteiger partial charge is 0.383 e. The van der Waals surface area contributed by atoms with Gasteiger partial charge in [0, 0.05) is 47.5 Å². The minimum Gasteiger partial charge on any atom is -0.383 e. The molecule has 0 radical (unpaired) electrons. The first kappa shape index (κ1) is 21.8. The molecule has 5 nitrogen and oxygen atoms in total. The van der Waals surface area contributed by atoms with E-state index < -0.39 is 0 Å². The zero-order valence-electron chi connectivity index (χ0n) is 18.2. The minimum atomic E-state index is -0.0439. The molecule has 1 aromatic carbocycles. The third kappa shape index (κ3) is 3.95. The standard InChI is InChI=1S/C24H27ClN4OS/c1-15-16(2)29(19-9-7-8-18(25)14-19)17(3)21(15)23-22(20-10-5-6-11-26-20)27-24(31)28(23)12-13-30-4/h5-11,14,22-23H,12-13H2,1-4H3,(H,27,31). The molecule has 2 atom stereocenters. The number of nitrogens with one attached hydrogen (secondary N) is 1. The highest BCUT2D eigenvalue weighted by atomic mass is 35.5. The molecule has 0 aliphatic carbocycles. The van der Waals surface area contributed by atoms with E-state index in [1.54, 1.807) is 7.11 Å². The van der Waals surface area contributed by atoms with Crippen LogP contribution in [0.1, 0.15) is 40.3 Å². The number of methoxy groups -OCH3 is 1. The molecule has 0 spiro atoms. The Labute approximate surface area is 194 Å². The lowest BCUT2D eigenvalue weighted by atomic mass is 9.93. The molecule has 3 heterocycles. The lowest BCUT2D eigenvalue weighted by Gasteiger charge is -2.28. The molecular formula is C24H27ClN4OS. The van der Waals surface area contributed by atoms with Crippen LogP contribution in [0.4, 0.5) is 0 Å². The van der Waals surface area contributed by atoms with E-state index in [-0.39, 0.29) is 12.1 Å². The summed E-state index contributed by atoms with van der Waals surface area (Å²) >= 11 is 12.1. The van der Waals surface area contributed by atoms with Crippen LogP contribution in [0.25, 0.3) is 5.69 Å². The van der Waals surface area contributed by atoms with Crippen molar-refractivity contribution in [2.75, 3.05) is 20.3 Å². The number of aromatic nitrogens is 2. The summed E-state index contributed by atoms with van der Waals surface area (Å²) in [5.74, 6) is 0. The number of nitrogens with zero attached hydrogens (tertiary/aromatic N) is 3. The Morgan fingerprint density at radius 1 is 1.13 bits per heavy atom. The second-order valence-corrected chi connectivity index (χ2v) is 8.66. The number of hydrogen-bond acceptors (Lipinski definition) is 3. The Bertz CT molecular complexity index is 1100. The van der Waals surface area contributed by atoms with Crippen LogP contribution in [0, 0.1) is 20.8 Å². The van der Waals surface area contributed by atoms with E-state index in [4.69, 9.17) is 28.6 Å². The topological polar surface area (TPSA) is 42.3 Å². The predicted octanol–water partition coefficient (Wildman–Crippen LogP) is 5.07. The van der Waals surface area contributed by atoms with Gasteiger partial charge in [-0.15, -0.1) is 0 Å². The normalized spacial score (nSPS) is 18.5. The Hall–Kier alpha value is -2.41. The fourth-order valence-electron chi connectivity index (χ4n) is 4.59. The lowest BCUT2D eigenvalue weighted by molar-refractivity contribution is 0.164. The molecule has 162 valence electrons. The molecule has 1 saturated heterocycles. The SMILES string of the molecule is COCCN1C(=S)NC(c2ccccn2)C1c1c(C)c(C)n(-c2cccc(Cl)c2)c1C. The second-order valence-electron chi connectivity index (χ2n) is 7.84. The first-order valence-electron chi connectivity index (χ1n) is 10.4. The van der Waals surface area contributed by atoms with Gasteiger partial charge in [0.2, 0.25) is 0 Å². The Morgan fingerprint density at radius 3 is 2.61 bits per heavy atom. The van der Waals surface area contributed by atoms with Crippen molar-refractivity contribution < 1.29 is 4.74 Å². The first-order valence-corrected chi connectivity index (χ1v) is 11.1. The predicted molar refractivity (Wildman–Crippen MR) is 129 cm³/mol. The van der Waals surface area contributed by atoms with Gasteiger partial charge in [-0.25, -0.2) is 0 Å². The third-order valence-corrected chi connectivity index (χ3v) is 6.69. The van der Waals surface area contributed by atoms with Crippen LogP contribution < -0.4 is 5.32 Å². The number of rotatable bonds is 6. The first-order chi connectivity index (χ1) is 14.9. The van der Waals surface area contributed by atoms with E-state index in [9.17, 15) is 0 Å². The Kier molecular flexibility index (Phi) is 6.32. The number of thiocarbonyl (C=S) groups is 1. The minimum absolute atomic E-state index is 0.0108. The maximum Gasteiger partial charge on any atom is 0.170 e. The highest BCUT2D eigenvalue weighted by molar-refractivity contribution is 7.80. The van der Waals surface area contributed by atoms with Crippen LogP contribution >= 0.6 is 23.8 Å². The van der Waals surface area contributed by atoms with E-state index in [1.165, 1.54) is 22.5 Å². The van der Waals surface area contributed by atoms with Gasteiger partial charge in [-0.1, -0.05) is 23.7 Å². The van der Waals surface area contributed by atoms with Crippen molar-refractivity contribution in [2.24, 2.45) is 0 Å². The highest BCUT2D eigenvalue weighted by Gasteiger charge is 2.42. The van der Waals surface area contributed by atoms with Crippen LogP contribution in [0.15, 0.2) is 48.7 Å². The average molecular weight is 455 g/mol. The summed E-state index contributed by atoms with van der Waals surface area (Å²) in [5.41, 5.74) is 6.91. The van der Waals surface area contributed by atoms with Crippen molar-refractivity contribution in [3.8, 4) is 5.69 Å². The van der Waals surface area contributed by atoms with Crippen LogP contribution in [0.2, 0.25) is 5.02 Å². The summed E-state index contributed by atoms with van der Waals surface area (Å²) in [6.45, 7) is 7.81. The maximum absolute atomic E-state index is 6.31. The van der Waals surface area contributed by atoms with Crippen molar-refractivity contribution in [3.63, 3.8) is 0 Å². The molecule has 31 heavy (non-hydrogen) atoms. The van der Waals surface area contributed by atoms with Crippen molar-refractivity contribution in [3.05, 3.63) is 81.9 Å². The number of ether oxygens (including phenoxy) is 1. The molecule has 1 aliphatic rings. The van der Waals surface area contributed by atoms with Gasteiger partial charge in [0.1, 0.15) is 0 Å². The van der Waals surface area contributed by atoms with Gasteiger partial charge >= 0.3 is 0 Å². The van der Waals surface area contributed by atoms with Gasteiger partial charge in [0.05, 0.1) is 24.4 Å². The number of halogens is 1. The molecule has 2 aromatic heterocycles. The van der Waals surface area contributed by atoms with Crippen LogP contribution in [-0.2, 0) is 4.74 Å². The summed E-state index contributed by atoms with van der Waals surface area (Å²) in [4.78, 5) is 6.87. The molecule has 1 aliphatic heterocycles. The molecule has 0 saturated carbocycles. The molecule has 1 N–H and O–H groups in total. The number of benzene rings is 1. The maximum atomic E-state index is 6.31. The Morgan fingerprint density at radius 2 is 1.94 bits per heavy atom. The van der Waals surface area contributed by atoms with Gasteiger partial charge < -0.3 is 19.5 Å². The number of pyridine rings is 1. The summed E-state index contributed by atoms with van der Waals surface area (Å²) < 4.78 is 7.66. The van der Waals surface area contributed by atoms with Crippen molar-refractivity contribution in [1.82, 2.24) is 19.8 Å². The van der Waals surface area contributed by atoms with Crippen LogP contribution in [0.3, 0.4) is 0 Å². The van der Waals surface area contributed by atoms with Crippen molar-refractivity contribution in [2.45, 2.75) is 32.9 Å². The van der Waals surface area contributed by atoms with E-state index >= 15 is 0 Å². The summed E-state index contributed by atoms with van der Waals surface area (Å²) in [5, 5.41) is 4.97.